The Bertz CT molecular complexity index is 1490. The van der Waals surface area contributed by atoms with Crippen LogP contribution >= 0.6 is 23.2 Å². The molecule has 0 saturated heterocycles. The molecule has 1 fully saturated rings. The molecule has 1 aliphatic rings. The zero-order valence-corrected chi connectivity index (χ0v) is 25.8. The van der Waals surface area contributed by atoms with Gasteiger partial charge >= 0.3 is 0 Å². The monoisotopic (exact) mass is 615 g/mol. The van der Waals surface area contributed by atoms with Crippen LogP contribution in [0.2, 0.25) is 10.0 Å². The summed E-state index contributed by atoms with van der Waals surface area (Å²) in [5.74, 6) is -0.822. The summed E-state index contributed by atoms with van der Waals surface area (Å²) in [7, 11) is -4.24. The van der Waals surface area contributed by atoms with E-state index in [1.807, 2.05) is 38.1 Å². The Morgan fingerprint density at radius 2 is 1.51 bits per heavy atom. The van der Waals surface area contributed by atoms with Gasteiger partial charge in [0.25, 0.3) is 10.0 Å². The number of aryl methyl sites for hydroxylation is 2. The first-order valence-corrected chi connectivity index (χ1v) is 15.9. The first kappa shape index (κ1) is 30.9. The molecule has 1 atom stereocenters. The molecule has 4 rings (SSSR count). The fourth-order valence-electron chi connectivity index (χ4n) is 4.90. The van der Waals surface area contributed by atoms with Crippen LogP contribution in [0.25, 0.3) is 0 Å². The average molecular weight is 617 g/mol. The molecule has 218 valence electrons. The lowest BCUT2D eigenvalue weighted by Gasteiger charge is -2.32. The summed E-state index contributed by atoms with van der Waals surface area (Å²) >= 11 is 12.8. The highest BCUT2D eigenvalue weighted by Crippen LogP contribution is 2.35. The molecule has 0 aromatic heterocycles. The highest BCUT2D eigenvalue weighted by molar-refractivity contribution is 7.92. The van der Waals surface area contributed by atoms with Crippen LogP contribution in [-0.4, -0.2) is 43.8 Å². The van der Waals surface area contributed by atoms with Crippen LogP contribution in [0.15, 0.2) is 71.6 Å². The standard InChI is InChI=1S/C31H35Cl2N3O4S/c1-21-11-15-24(16-12-21)19-35(23(3)31(38)34-25-7-4-5-8-25)29(37)20-36(28-10-6-9-27(32)30(28)33)41(39,40)26-17-13-22(2)14-18-26/h6,9-18,23,25H,4-5,7-8,19-20H2,1-3H3,(H,34,38)/t23-/m1/s1. The van der Waals surface area contributed by atoms with E-state index < -0.39 is 28.5 Å². The van der Waals surface area contributed by atoms with Crippen LogP contribution in [0.4, 0.5) is 5.69 Å². The maximum Gasteiger partial charge on any atom is 0.264 e. The smallest absolute Gasteiger partial charge is 0.264 e. The van der Waals surface area contributed by atoms with E-state index >= 15 is 0 Å². The highest BCUT2D eigenvalue weighted by atomic mass is 35.5. The SMILES string of the molecule is Cc1ccc(CN(C(=O)CN(c2cccc(Cl)c2Cl)S(=O)(=O)c2ccc(C)cc2)[C@H](C)C(=O)NC2CCCC2)cc1. The molecule has 7 nitrogen and oxygen atoms in total. The van der Waals surface area contributed by atoms with Crippen LogP contribution in [0, 0.1) is 13.8 Å². The Balaban J connectivity index is 1.71. The van der Waals surface area contributed by atoms with Gasteiger partial charge in [0.05, 0.1) is 20.6 Å². The van der Waals surface area contributed by atoms with E-state index in [-0.39, 0.29) is 39.1 Å². The van der Waals surface area contributed by atoms with E-state index in [4.69, 9.17) is 23.2 Å². The van der Waals surface area contributed by atoms with Gasteiger partial charge in [0.2, 0.25) is 11.8 Å². The number of nitrogens with zero attached hydrogens (tertiary/aromatic N) is 2. The summed E-state index contributed by atoms with van der Waals surface area (Å²) in [6, 6.07) is 17.9. The van der Waals surface area contributed by atoms with E-state index in [2.05, 4.69) is 5.32 Å². The molecular formula is C31H35Cl2N3O4S. The Hall–Kier alpha value is -3.07. The summed E-state index contributed by atoms with van der Waals surface area (Å²) < 4.78 is 28.9. The van der Waals surface area contributed by atoms with Crippen molar-refractivity contribution in [2.75, 3.05) is 10.8 Å². The molecule has 1 aliphatic carbocycles. The highest BCUT2D eigenvalue weighted by Gasteiger charge is 2.34. The first-order chi connectivity index (χ1) is 19.5. The number of carbonyl (C=O) groups excluding carboxylic acids is 2. The third-order valence-corrected chi connectivity index (χ3v) is 10.0. The molecule has 3 aromatic carbocycles. The van der Waals surface area contributed by atoms with Gasteiger partial charge in [-0.1, -0.05) is 89.6 Å². The van der Waals surface area contributed by atoms with Crippen molar-refractivity contribution in [2.24, 2.45) is 0 Å². The topological polar surface area (TPSA) is 86.8 Å². The van der Waals surface area contributed by atoms with Gasteiger partial charge in [0.15, 0.2) is 0 Å². The average Bonchev–Trinajstić information content (AvgIpc) is 3.46. The van der Waals surface area contributed by atoms with Crippen molar-refractivity contribution in [3.05, 3.63) is 93.5 Å². The second kappa shape index (κ2) is 13.3. The van der Waals surface area contributed by atoms with Crippen LogP contribution in [0.1, 0.15) is 49.3 Å². The van der Waals surface area contributed by atoms with E-state index in [9.17, 15) is 18.0 Å². The van der Waals surface area contributed by atoms with Crippen molar-refractivity contribution >= 4 is 50.7 Å². The molecule has 1 saturated carbocycles. The van der Waals surface area contributed by atoms with E-state index in [0.717, 1.165) is 46.7 Å². The fourth-order valence-corrected chi connectivity index (χ4v) is 6.77. The van der Waals surface area contributed by atoms with Gasteiger partial charge in [-0.2, -0.15) is 0 Å². The maximum atomic E-state index is 14.1. The predicted molar refractivity (Wildman–Crippen MR) is 164 cm³/mol. The normalized spacial score (nSPS) is 14.5. The number of anilines is 1. The molecule has 10 heteroatoms. The molecule has 41 heavy (non-hydrogen) atoms. The quantitative estimate of drug-likeness (QED) is 0.291. The molecule has 0 heterocycles. The van der Waals surface area contributed by atoms with Crippen molar-refractivity contribution in [1.29, 1.82) is 0 Å². The lowest BCUT2D eigenvalue weighted by molar-refractivity contribution is -0.139. The zero-order chi connectivity index (χ0) is 29.7. The molecular weight excluding hydrogens is 581 g/mol. The molecule has 3 aromatic rings. The van der Waals surface area contributed by atoms with Crippen molar-refractivity contribution in [1.82, 2.24) is 10.2 Å². The number of nitrogens with one attached hydrogen (secondary N) is 1. The maximum absolute atomic E-state index is 14.1. The van der Waals surface area contributed by atoms with E-state index in [1.54, 1.807) is 31.2 Å². The number of sulfonamides is 1. The van der Waals surface area contributed by atoms with Gasteiger partial charge in [-0.15, -0.1) is 0 Å². The summed E-state index contributed by atoms with van der Waals surface area (Å²) in [6.45, 7) is 5.03. The van der Waals surface area contributed by atoms with Gasteiger partial charge in [0.1, 0.15) is 12.6 Å². The molecule has 0 bridgehead atoms. The molecule has 0 unspecified atom stereocenters. The number of hydrogen-bond donors (Lipinski definition) is 1. The number of benzene rings is 3. The summed E-state index contributed by atoms with van der Waals surface area (Å²) in [6.07, 6.45) is 3.91. The predicted octanol–water partition coefficient (Wildman–Crippen LogP) is 6.28. The number of carbonyl (C=O) groups is 2. The van der Waals surface area contributed by atoms with E-state index in [0.29, 0.717) is 0 Å². The zero-order valence-electron chi connectivity index (χ0n) is 23.4. The minimum Gasteiger partial charge on any atom is -0.352 e. The Labute approximate surface area is 252 Å². The Morgan fingerprint density at radius 1 is 0.927 bits per heavy atom. The molecule has 1 N–H and O–H groups in total. The minimum absolute atomic E-state index is 0.00375. The summed E-state index contributed by atoms with van der Waals surface area (Å²) in [5.41, 5.74) is 2.84. The van der Waals surface area contributed by atoms with Gasteiger partial charge in [-0.3, -0.25) is 13.9 Å². The number of hydrogen-bond acceptors (Lipinski definition) is 4. The van der Waals surface area contributed by atoms with Crippen LogP contribution in [0.5, 0.6) is 0 Å². The largest absolute Gasteiger partial charge is 0.352 e. The molecule has 2 amide bonds. The van der Waals surface area contributed by atoms with Crippen LogP contribution in [-0.2, 0) is 26.2 Å². The van der Waals surface area contributed by atoms with Gasteiger partial charge in [-0.25, -0.2) is 8.42 Å². The third-order valence-electron chi connectivity index (χ3n) is 7.43. The molecule has 0 radical (unpaired) electrons. The van der Waals surface area contributed by atoms with Crippen molar-refractivity contribution in [3.63, 3.8) is 0 Å². The number of halogens is 2. The first-order valence-electron chi connectivity index (χ1n) is 13.7. The van der Waals surface area contributed by atoms with Crippen molar-refractivity contribution in [2.45, 2.75) is 70.0 Å². The Morgan fingerprint density at radius 3 is 2.12 bits per heavy atom. The van der Waals surface area contributed by atoms with E-state index in [1.165, 1.54) is 23.1 Å². The lowest BCUT2D eigenvalue weighted by Crippen LogP contribution is -2.52. The molecule has 0 spiro atoms. The fraction of sp³-hybridized carbons (Fsp3) is 0.355. The van der Waals surface area contributed by atoms with Crippen molar-refractivity contribution < 1.29 is 18.0 Å². The number of amides is 2. The minimum atomic E-state index is -4.24. The second-order valence-corrected chi connectivity index (χ2v) is 13.2. The number of rotatable bonds is 10. The Kier molecular flexibility index (Phi) is 10.00. The summed E-state index contributed by atoms with van der Waals surface area (Å²) in [4.78, 5) is 28.8. The van der Waals surface area contributed by atoms with Gasteiger partial charge < -0.3 is 10.2 Å². The lowest BCUT2D eigenvalue weighted by atomic mass is 10.1. The molecule has 0 aliphatic heterocycles. The van der Waals surface area contributed by atoms with Gasteiger partial charge in [-0.05, 0) is 63.4 Å². The summed E-state index contributed by atoms with van der Waals surface area (Å²) in [5, 5.41) is 3.23. The van der Waals surface area contributed by atoms with Crippen LogP contribution in [0.3, 0.4) is 0 Å². The third kappa shape index (κ3) is 7.42. The van der Waals surface area contributed by atoms with Crippen molar-refractivity contribution in [3.8, 4) is 0 Å². The second-order valence-electron chi connectivity index (χ2n) is 10.6. The van der Waals surface area contributed by atoms with Crippen LogP contribution < -0.4 is 9.62 Å². The van der Waals surface area contributed by atoms with Gasteiger partial charge in [0, 0.05) is 12.6 Å².